The molecule has 0 aromatic heterocycles. The van der Waals surface area contributed by atoms with Crippen LogP contribution >= 0.6 is 0 Å². The van der Waals surface area contributed by atoms with E-state index in [1.807, 2.05) is 0 Å². The Morgan fingerprint density at radius 2 is 1.86 bits per heavy atom. The molecule has 1 aromatic rings. The molecular formula is C16H23NO4. The molecule has 0 radical (unpaired) electrons. The molecule has 2 unspecified atom stereocenters. The summed E-state index contributed by atoms with van der Waals surface area (Å²) in [5.74, 6) is 1.26. The van der Waals surface area contributed by atoms with Crippen LogP contribution in [0.4, 0.5) is 0 Å². The number of methoxy groups -OCH3 is 1. The molecule has 0 saturated heterocycles. The van der Waals surface area contributed by atoms with Gasteiger partial charge in [-0.3, -0.25) is 4.79 Å². The molecule has 1 aliphatic rings. The number of hydrogen-bond donors (Lipinski definition) is 1. The van der Waals surface area contributed by atoms with Gasteiger partial charge in [-0.1, -0.05) is 12.8 Å². The molecule has 5 nitrogen and oxygen atoms in total. The van der Waals surface area contributed by atoms with Gasteiger partial charge in [0.15, 0.2) is 6.61 Å². The van der Waals surface area contributed by atoms with Gasteiger partial charge in [-0.25, -0.2) is 0 Å². The van der Waals surface area contributed by atoms with Gasteiger partial charge in [0.2, 0.25) is 0 Å². The van der Waals surface area contributed by atoms with Crippen molar-refractivity contribution in [2.24, 2.45) is 0 Å². The summed E-state index contributed by atoms with van der Waals surface area (Å²) in [5, 5.41) is 9.98. The van der Waals surface area contributed by atoms with E-state index in [9.17, 15) is 9.90 Å². The van der Waals surface area contributed by atoms with E-state index in [1.54, 1.807) is 43.3 Å². The van der Waals surface area contributed by atoms with E-state index in [-0.39, 0.29) is 18.6 Å². The first-order valence-electron chi connectivity index (χ1n) is 7.32. The third-order valence-electron chi connectivity index (χ3n) is 4.01. The molecule has 1 fully saturated rings. The summed E-state index contributed by atoms with van der Waals surface area (Å²) in [5.41, 5.74) is 0. The maximum Gasteiger partial charge on any atom is 0.260 e. The second-order valence-electron chi connectivity index (χ2n) is 5.39. The summed E-state index contributed by atoms with van der Waals surface area (Å²) >= 11 is 0. The number of benzene rings is 1. The van der Waals surface area contributed by atoms with Crippen molar-refractivity contribution in [3.63, 3.8) is 0 Å². The van der Waals surface area contributed by atoms with Crippen LogP contribution in [-0.2, 0) is 4.79 Å². The van der Waals surface area contributed by atoms with Crippen molar-refractivity contribution in [1.29, 1.82) is 0 Å². The van der Waals surface area contributed by atoms with Gasteiger partial charge in [0, 0.05) is 7.05 Å². The Morgan fingerprint density at radius 3 is 2.48 bits per heavy atom. The van der Waals surface area contributed by atoms with Crippen molar-refractivity contribution in [3.8, 4) is 11.5 Å². The van der Waals surface area contributed by atoms with Crippen LogP contribution < -0.4 is 9.47 Å². The molecule has 0 bridgehead atoms. The molecule has 116 valence electrons. The topological polar surface area (TPSA) is 59.0 Å². The Balaban J connectivity index is 1.85. The van der Waals surface area contributed by atoms with E-state index in [1.165, 1.54) is 0 Å². The predicted octanol–water partition coefficient (Wildman–Crippen LogP) is 1.84. The minimum Gasteiger partial charge on any atom is -0.497 e. The maximum atomic E-state index is 12.1. The second kappa shape index (κ2) is 7.31. The van der Waals surface area contributed by atoms with Gasteiger partial charge in [0.25, 0.3) is 5.91 Å². The normalized spacial score (nSPS) is 21.7. The number of carbonyl (C=O) groups excluding carboxylic acids is 1. The highest BCUT2D eigenvalue weighted by Gasteiger charge is 2.29. The van der Waals surface area contributed by atoms with E-state index >= 15 is 0 Å². The van der Waals surface area contributed by atoms with Gasteiger partial charge >= 0.3 is 0 Å². The Bertz CT molecular complexity index is 460. The summed E-state index contributed by atoms with van der Waals surface area (Å²) in [6.07, 6.45) is 3.28. The molecule has 1 amide bonds. The van der Waals surface area contributed by atoms with Crippen LogP contribution in [0.25, 0.3) is 0 Å². The lowest BCUT2D eigenvalue weighted by Crippen LogP contribution is -2.47. The summed E-state index contributed by atoms with van der Waals surface area (Å²) in [6, 6.07) is 7.01. The van der Waals surface area contributed by atoms with E-state index in [0.29, 0.717) is 5.75 Å². The minimum absolute atomic E-state index is 0.0218. The average molecular weight is 293 g/mol. The van der Waals surface area contributed by atoms with Crippen LogP contribution in [0.2, 0.25) is 0 Å². The summed E-state index contributed by atoms with van der Waals surface area (Å²) in [4.78, 5) is 13.8. The van der Waals surface area contributed by atoms with Crippen LogP contribution in [0.3, 0.4) is 0 Å². The molecule has 1 saturated carbocycles. The largest absolute Gasteiger partial charge is 0.497 e. The van der Waals surface area contributed by atoms with Gasteiger partial charge in [0.1, 0.15) is 11.5 Å². The van der Waals surface area contributed by atoms with E-state index in [0.717, 1.165) is 31.4 Å². The summed E-state index contributed by atoms with van der Waals surface area (Å²) in [6.45, 7) is -0.0218. The third kappa shape index (κ3) is 4.11. The monoisotopic (exact) mass is 293 g/mol. The number of rotatable bonds is 5. The number of aliphatic hydroxyl groups excluding tert-OH is 1. The molecule has 5 heteroatoms. The lowest BCUT2D eigenvalue weighted by molar-refractivity contribution is -0.137. The van der Waals surface area contributed by atoms with Crippen LogP contribution in [-0.4, -0.2) is 48.8 Å². The highest BCUT2D eigenvalue weighted by Crippen LogP contribution is 2.23. The maximum absolute atomic E-state index is 12.1. The van der Waals surface area contributed by atoms with Crippen molar-refractivity contribution >= 4 is 5.91 Å². The van der Waals surface area contributed by atoms with Crippen LogP contribution in [0.5, 0.6) is 11.5 Å². The number of likely N-dealkylation sites (N-methyl/N-ethyl adjacent to an activating group) is 1. The van der Waals surface area contributed by atoms with Crippen LogP contribution in [0.1, 0.15) is 25.7 Å². The zero-order valence-corrected chi connectivity index (χ0v) is 12.6. The van der Waals surface area contributed by atoms with Crippen molar-refractivity contribution in [1.82, 2.24) is 4.90 Å². The Morgan fingerprint density at radius 1 is 1.24 bits per heavy atom. The molecule has 21 heavy (non-hydrogen) atoms. The van der Waals surface area contributed by atoms with Crippen LogP contribution in [0, 0.1) is 0 Å². The lowest BCUT2D eigenvalue weighted by Gasteiger charge is -2.35. The number of carbonyl (C=O) groups is 1. The van der Waals surface area contributed by atoms with Crippen LogP contribution in [0.15, 0.2) is 24.3 Å². The van der Waals surface area contributed by atoms with Crippen molar-refractivity contribution < 1.29 is 19.4 Å². The highest BCUT2D eigenvalue weighted by molar-refractivity contribution is 5.77. The molecular weight excluding hydrogens is 270 g/mol. The molecule has 0 spiro atoms. The Labute approximate surface area is 125 Å². The molecule has 1 N–H and O–H groups in total. The second-order valence-corrected chi connectivity index (χ2v) is 5.39. The zero-order valence-electron chi connectivity index (χ0n) is 12.6. The number of aliphatic hydroxyl groups is 1. The fourth-order valence-electron chi connectivity index (χ4n) is 2.65. The molecule has 1 aromatic carbocycles. The third-order valence-corrected chi connectivity index (χ3v) is 4.01. The zero-order chi connectivity index (χ0) is 15.2. The molecule has 0 heterocycles. The van der Waals surface area contributed by atoms with Crippen molar-refractivity contribution in [2.45, 2.75) is 37.8 Å². The van der Waals surface area contributed by atoms with E-state index in [4.69, 9.17) is 9.47 Å². The lowest BCUT2D eigenvalue weighted by atomic mass is 9.91. The van der Waals surface area contributed by atoms with E-state index < -0.39 is 6.10 Å². The smallest absolute Gasteiger partial charge is 0.260 e. The fourth-order valence-corrected chi connectivity index (χ4v) is 2.65. The van der Waals surface area contributed by atoms with Gasteiger partial charge in [-0.05, 0) is 37.1 Å². The van der Waals surface area contributed by atoms with Crippen molar-refractivity contribution in [3.05, 3.63) is 24.3 Å². The predicted molar refractivity (Wildman–Crippen MR) is 79.5 cm³/mol. The molecule has 2 atom stereocenters. The first kappa shape index (κ1) is 15.6. The average Bonchev–Trinajstić information content (AvgIpc) is 2.53. The molecule has 0 aliphatic heterocycles. The fraction of sp³-hybridized carbons (Fsp3) is 0.562. The van der Waals surface area contributed by atoms with Gasteiger partial charge in [-0.2, -0.15) is 0 Å². The minimum atomic E-state index is -0.423. The molecule has 1 aliphatic carbocycles. The molecule has 2 rings (SSSR count). The SMILES string of the molecule is COc1ccc(OCC(=O)N(C)C2CCCCC2O)cc1. The highest BCUT2D eigenvalue weighted by atomic mass is 16.5. The number of nitrogens with zero attached hydrogens (tertiary/aromatic N) is 1. The quantitative estimate of drug-likeness (QED) is 0.900. The number of amides is 1. The standard InChI is InChI=1S/C16H23NO4/c1-17(14-5-3-4-6-15(14)18)16(19)11-21-13-9-7-12(20-2)8-10-13/h7-10,14-15,18H,3-6,11H2,1-2H3. The number of ether oxygens (including phenoxy) is 2. The number of hydrogen-bond acceptors (Lipinski definition) is 4. The van der Waals surface area contributed by atoms with Crippen molar-refractivity contribution in [2.75, 3.05) is 20.8 Å². The van der Waals surface area contributed by atoms with Gasteiger partial charge in [-0.15, -0.1) is 0 Å². The summed E-state index contributed by atoms with van der Waals surface area (Å²) in [7, 11) is 3.34. The Kier molecular flexibility index (Phi) is 5.44. The van der Waals surface area contributed by atoms with Gasteiger partial charge in [0.05, 0.1) is 19.3 Å². The first-order chi connectivity index (χ1) is 10.1. The van der Waals surface area contributed by atoms with E-state index in [2.05, 4.69) is 0 Å². The Hall–Kier alpha value is -1.75. The first-order valence-corrected chi connectivity index (χ1v) is 7.32. The summed E-state index contributed by atoms with van der Waals surface area (Å²) < 4.78 is 10.6. The van der Waals surface area contributed by atoms with Gasteiger partial charge < -0.3 is 19.5 Å².